The minimum atomic E-state index is -0.364. The predicted octanol–water partition coefficient (Wildman–Crippen LogP) is 2.37. The summed E-state index contributed by atoms with van der Waals surface area (Å²) in [6.45, 7) is 5.62. The van der Waals surface area contributed by atoms with E-state index < -0.39 is 0 Å². The number of aliphatic hydroxyl groups is 1. The van der Waals surface area contributed by atoms with E-state index in [1.165, 1.54) is 17.7 Å². The van der Waals surface area contributed by atoms with Crippen molar-refractivity contribution in [2.75, 3.05) is 6.61 Å². The van der Waals surface area contributed by atoms with Gasteiger partial charge in [-0.25, -0.2) is 0 Å². The van der Waals surface area contributed by atoms with Crippen LogP contribution in [0.15, 0.2) is 34.9 Å². The Morgan fingerprint density at radius 3 is 2.44 bits per heavy atom. The summed E-state index contributed by atoms with van der Waals surface area (Å²) in [5, 5.41) is 9.24. The van der Waals surface area contributed by atoms with Crippen molar-refractivity contribution < 1.29 is 14.7 Å². The van der Waals surface area contributed by atoms with Gasteiger partial charge in [-0.1, -0.05) is 18.6 Å². The van der Waals surface area contributed by atoms with Crippen LogP contribution in [0.1, 0.15) is 33.6 Å². The number of carbonyl (C=O) groups is 2. The monoisotopic (exact) mass is 248 g/mol. The van der Waals surface area contributed by atoms with Crippen molar-refractivity contribution in [1.82, 2.24) is 0 Å². The van der Waals surface area contributed by atoms with Gasteiger partial charge in [-0.05, 0) is 44.8 Å². The Hall–Kier alpha value is -1.48. The molecule has 0 saturated heterocycles. The molecule has 1 aliphatic carbocycles. The molecule has 0 spiro atoms. The Morgan fingerprint density at radius 1 is 1.28 bits per heavy atom. The van der Waals surface area contributed by atoms with E-state index in [2.05, 4.69) is 6.08 Å². The van der Waals surface area contributed by atoms with Gasteiger partial charge in [-0.2, -0.15) is 0 Å². The second-order valence-electron chi connectivity index (χ2n) is 4.87. The van der Waals surface area contributed by atoms with Gasteiger partial charge >= 0.3 is 0 Å². The first-order chi connectivity index (χ1) is 8.47. The van der Waals surface area contributed by atoms with Crippen molar-refractivity contribution in [2.45, 2.75) is 33.6 Å². The summed E-state index contributed by atoms with van der Waals surface area (Å²) in [6, 6.07) is 0. The highest BCUT2D eigenvalue weighted by Gasteiger charge is 2.25. The molecule has 0 aromatic carbocycles. The average molecular weight is 248 g/mol. The smallest absolute Gasteiger partial charge is 0.184 e. The molecule has 0 heterocycles. The third-order valence-electron chi connectivity index (χ3n) is 3.08. The highest BCUT2D eigenvalue weighted by molar-refractivity contribution is 6.20. The molecule has 0 saturated carbocycles. The fraction of sp³-hybridized carbons (Fsp3) is 0.467. The fourth-order valence-corrected chi connectivity index (χ4v) is 2.09. The van der Waals surface area contributed by atoms with Crippen molar-refractivity contribution in [3.05, 3.63) is 34.9 Å². The molecule has 0 fully saturated rings. The van der Waals surface area contributed by atoms with E-state index in [1.54, 1.807) is 0 Å². The van der Waals surface area contributed by atoms with Gasteiger partial charge < -0.3 is 5.11 Å². The number of rotatable bonds is 5. The molecule has 18 heavy (non-hydrogen) atoms. The van der Waals surface area contributed by atoms with Crippen LogP contribution in [-0.4, -0.2) is 23.3 Å². The number of carbonyl (C=O) groups excluding carboxylic acids is 2. The molecule has 3 heteroatoms. The first kappa shape index (κ1) is 14.6. The summed E-state index contributed by atoms with van der Waals surface area (Å²) in [5.74, 6) is -0.409. The maximum Gasteiger partial charge on any atom is 0.184 e. The summed E-state index contributed by atoms with van der Waals surface area (Å²) in [7, 11) is 0. The first-order valence-electron chi connectivity index (χ1n) is 6.21. The maximum atomic E-state index is 11.8. The summed E-state index contributed by atoms with van der Waals surface area (Å²) < 4.78 is 0. The van der Waals surface area contributed by atoms with E-state index in [9.17, 15) is 14.7 Å². The Balaban J connectivity index is 2.86. The SMILES string of the molecule is CC(C)=CCCC(C)C1=C(CO)C(=O)C=CC1=O. The molecule has 98 valence electrons. The number of hydrogen-bond donors (Lipinski definition) is 1. The van der Waals surface area contributed by atoms with E-state index >= 15 is 0 Å². The van der Waals surface area contributed by atoms with Crippen LogP contribution in [0, 0.1) is 5.92 Å². The van der Waals surface area contributed by atoms with Crippen molar-refractivity contribution in [3.8, 4) is 0 Å². The predicted molar refractivity (Wildman–Crippen MR) is 71.1 cm³/mol. The lowest BCUT2D eigenvalue weighted by Crippen LogP contribution is -2.21. The lowest BCUT2D eigenvalue weighted by Gasteiger charge is -2.19. The molecule has 0 aromatic heterocycles. The minimum absolute atomic E-state index is 0.0100. The topological polar surface area (TPSA) is 54.4 Å². The van der Waals surface area contributed by atoms with Gasteiger partial charge in [0.1, 0.15) is 0 Å². The van der Waals surface area contributed by atoms with E-state index in [-0.39, 0.29) is 29.7 Å². The molecular formula is C15H20O3. The molecule has 0 amide bonds. The quantitative estimate of drug-likeness (QED) is 0.600. The molecule has 0 aliphatic heterocycles. The number of aliphatic hydroxyl groups excluding tert-OH is 1. The zero-order valence-corrected chi connectivity index (χ0v) is 11.2. The lowest BCUT2D eigenvalue weighted by molar-refractivity contribution is -0.115. The van der Waals surface area contributed by atoms with Gasteiger partial charge in [0.15, 0.2) is 11.6 Å². The van der Waals surface area contributed by atoms with E-state index in [4.69, 9.17) is 0 Å². The van der Waals surface area contributed by atoms with Crippen molar-refractivity contribution in [1.29, 1.82) is 0 Å². The van der Waals surface area contributed by atoms with Gasteiger partial charge in [0, 0.05) is 11.1 Å². The Bertz CT molecular complexity index is 435. The van der Waals surface area contributed by atoms with Crippen LogP contribution in [0.5, 0.6) is 0 Å². The van der Waals surface area contributed by atoms with E-state index in [1.807, 2.05) is 20.8 Å². The summed E-state index contributed by atoms with van der Waals surface area (Å²) in [6.07, 6.45) is 6.32. The zero-order chi connectivity index (χ0) is 13.7. The highest BCUT2D eigenvalue weighted by atomic mass is 16.3. The standard InChI is InChI=1S/C15H20O3/c1-10(2)5-4-6-11(3)15-12(9-16)13(17)7-8-14(15)18/h5,7-8,11,16H,4,6,9H2,1-3H3. The molecule has 0 bridgehead atoms. The van der Waals surface area contributed by atoms with Gasteiger partial charge in [-0.3, -0.25) is 9.59 Å². The second-order valence-corrected chi connectivity index (χ2v) is 4.87. The van der Waals surface area contributed by atoms with Crippen LogP contribution >= 0.6 is 0 Å². The van der Waals surface area contributed by atoms with Crippen LogP contribution in [0.4, 0.5) is 0 Å². The Labute approximate surface area is 108 Å². The molecular weight excluding hydrogens is 228 g/mol. The van der Waals surface area contributed by atoms with E-state index in [0.717, 1.165) is 12.8 Å². The van der Waals surface area contributed by atoms with Crippen LogP contribution in [0.25, 0.3) is 0 Å². The largest absolute Gasteiger partial charge is 0.392 e. The average Bonchev–Trinajstić information content (AvgIpc) is 2.30. The van der Waals surface area contributed by atoms with Gasteiger partial charge in [0.25, 0.3) is 0 Å². The van der Waals surface area contributed by atoms with Crippen LogP contribution in [0.2, 0.25) is 0 Å². The number of allylic oxidation sites excluding steroid dienone is 5. The fourth-order valence-electron chi connectivity index (χ4n) is 2.09. The molecule has 1 rings (SSSR count). The van der Waals surface area contributed by atoms with Crippen LogP contribution in [-0.2, 0) is 9.59 Å². The number of ketones is 2. The molecule has 0 aromatic rings. The molecule has 1 unspecified atom stereocenters. The highest BCUT2D eigenvalue weighted by Crippen LogP contribution is 2.25. The Morgan fingerprint density at radius 2 is 1.89 bits per heavy atom. The van der Waals surface area contributed by atoms with Crippen molar-refractivity contribution >= 4 is 11.6 Å². The summed E-state index contributed by atoms with van der Waals surface area (Å²) in [4.78, 5) is 23.4. The third kappa shape index (κ3) is 3.50. The molecule has 1 N–H and O–H groups in total. The number of hydrogen-bond acceptors (Lipinski definition) is 3. The normalized spacial score (nSPS) is 17.1. The molecule has 1 atom stereocenters. The van der Waals surface area contributed by atoms with Crippen molar-refractivity contribution in [3.63, 3.8) is 0 Å². The molecule has 0 radical (unpaired) electrons. The second kappa shape index (κ2) is 6.45. The van der Waals surface area contributed by atoms with Crippen LogP contribution in [0.3, 0.4) is 0 Å². The molecule has 1 aliphatic rings. The van der Waals surface area contributed by atoms with E-state index in [0.29, 0.717) is 5.57 Å². The third-order valence-corrected chi connectivity index (χ3v) is 3.08. The van der Waals surface area contributed by atoms with Gasteiger partial charge in [0.2, 0.25) is 0 Å². The van der Waals surface area contributed by atoms with Crippen molar-refractivity contribution in [2.24, 2.45) is 5.92 Å². The van der Waals surface area contributed by atoms with Gasteiger partial charge in [-0.15, -0.1) is 0 Å². The summed E-state index contributed by atoms with van der Waals surface area (Å²) in [5.41, 5.74) is 1.98. The minimum Gasteiger partial charge on any atom is -0.392 e. The first-order valence-corrected chi connectivity index (χ1v) is 6.21. The molecule has 3 nitrogen and oxygen atoms in total. The Kier molecular flexibility index (Phi) is 5.23. The lowest BCUT2D eigenvalue weighted by atomic mass is 9.84. The van der Waals surface area contributed by atoms with Crippen LogP contribution < -0.4 is 0 Å². The summed E-state index contributed by atoms with van der Waals surface area (Å²) >= 11 is 0. The maximum absolute atomic E-state index is 11.8. The zero-order valence-electron chi connectivity index (χ0n) is 11.2. The van der Waals surface area contributed by atoms with Gasteiger partial charge in [0.05, 0.1) is 6.61 Å².